The van der Waals surface area contributed by atoms with E-state index in [1.165, 1.54) is 27.8 Å². The lowest BCUT2D eigenvalue weighted by atomic mass is 9.93. The number of hydrogen-bond donors (Lipinski definition) is 0. The summed E-state index contributed by atoms with van der Waals surface area (Å²) < 4.78 is 17.6. The number of rotatable bonds is 6. The Morgan fingerprint density at radius 2 is 1.57 bits per heavy atom. The Kier molecular flexibility index (Phi) is 6.01. The predicted octanol–water partition coefficient (Wildman–Crippen LogP) is 5.80. The van der Waals surface area contributed by atoms with Crippen molar-refractivity contribution in [3.63, 3.8) is 0 Å². The lowest BCUT2D eigenvalue weighted by Crippen LogP contribution is -2.56. The van der Waals surface area contributed by atoms with Gasteiger partial charge in [0.2, 0.25) is 0 Å². The number of para-hydroxylation sites is 1. The summed E-state index contributed by atoms with van der Waals surface area (Å²) >= 11 is 0. The van der Waals surface area contributed by atoms with Crippen molar-refractivity contribution >= 4 is 6.09 Å². The Morgan fingerprint density at radius 3 is 2.29 bits per heavy atom. The van der Waals surface area contributed by atoms with Gasteiger partial charge >= 0.3 is 6.09 Å². The molecule has 1 saturated heterocycles. The molecule has 3 aromatic rings. The first-order chi connectivity index (χ1) is 17.3. The third-order valence-corrected chi connectivity index (χ3v) is 7.26. The van der Waals surface area contributed by atoms with E-state index < -0.39 is 0 Å². The number of ether oxygens (including phenoxy) is 3. The molecule has 5 nitrogen and oxygen atoms in total. The predicted molar refractivity (Wildman–Crippen MR) is 135 cm³/mol. The van der Waals surface area contributed by atoms with Gasteiger partial charge in [-0.2, -0.15) is 0 Å². The lowest BCUT2D eigenvalue weighted by Gasteiger charge is -2.44. The zero-order chi connectivity index (χ0) is 23.6. The van der Waals surface area contributed by atoms with E-state index in [1.54, 1.807) is 0 Å². The van der Waals surface area contributed by atoms with E-state index in [-0.39, 0.29) is 24.1 Å². The second-order valence-electron chi connectivity index (χ2n) is 9.41. The van der Waals surface area contributed by atoms with Gasteiger partial charge in [-0.05, 0) is 40.8 Å². The fourth-order valence-corrected chi connectivity index (χ4v) is 5.64. The third-order valence-electron chi connectivity index (χ3n) is 7.26. The summed E-state index contributed by atoms with van der Waals surface area (Å²) in [5.41, 5.74) is 6.24. The Balaban J connectivity index is 1.11. The number of hydrogen-bond acceptors (Lipinski definition) is 4. The quantitative estimate of drug-likeness (QED) is 0.430. The third kappa shape index (κ3) is 4.32. The van der Waals surface area contributed by atoms with Gasteiger partial charge in [0.1, 0.15) is 12.4 Å². The number of carbonyl (C=O) groups excluding carboxylic acids is 1. The van der Waals surface area contributed by atoms with E-state index in [4.69, 9.17) is 14.2 Å². The molecule has 0 aromatic heterocycles. The molecule has 2 bridgehead atoms. The second kappa shape index (κ2) is 9.59. The first kappa shape index (κ1) is 21.9. The Hall–Kier alpha value is -3.57. The van der Waals surface area contributed by atoms with Gasteiger partial charge in [0.25, 0.3) is 0 Å². The minimum atomic E-state index is -0.249. The molecule has 35 heavy (non-hydrogen) atoms. The zero-order valence-electron chi connectivity index (χ0n) is 19.6. The summed E-state index contributed by atoms with van der Waals surface area (Å²) in [6, 6.07) is 26.6. The van der Waals surface area contributed by atoms with Gasteiger partial charge < -0.3 is 14.2 Å². The molecule has 2 atom stereocenters. The van der Waals surface area contributed by atoms with Crippen LogP contribution in [0.3, 0.4) is 0 Å². The van der Waals surface area contributed by atoms with Crippen molar-refractivity contribution in [2.75, 3.05) is 26.4 Å². The van der Waals surface area contributed by atoms with Crippen LogP contribution in [0.4, 0.5) is 4.79 Å². The van der Waals surface area contributed by atoms with Crippen molar-refractivity contribution in [3.8, 4) is 16.9 Å². The second-order valence-corrected chi connectivity index (χ2v) is 9.41. The number of nitrogens with zero attached hydrogens (tertiary/aromatic N) is 1. The molecule has 5 heteroatoms. The maximum Gasteiger partial charge on any atom is 0.410 e. The van der Waals surface area contributed by atoms with Crippen molar-refractivity contribution in [1.82, 2.24) is 4.90 Å². The molecule has 3 aliphatic rings. The molecule has 1 amide bonds. The molecule has 0 N–H and O–H groups in total. The molecule has 0 saturated carbocycles. The topological polar surface area (TPSA) is 48.0 Å². The standard InChI is InChI=1S/C30H29NO4/c32-30(35-20-29-27-12-6-4-10-25(27)26-11-5-7-13-28(26)29)31-22-16-21(17-23(31)19-33-18-22)14-15-34-24-8-2-1-3-9-24/h1-13,16,22-23,29H,14-15,17-20H2. The van der Waals surface area contributed by atoms with Crippen LogP contribution in [0.2, 0.25) is 0 Å². The smallest absolute Gasteiger partial charge is 0.410 e. The molecular weight excluding hydrogens is 438 g/mol. The summed E-state index contributed by atoms with van der Waals surface area (Å²) in [4.78, 5) is 15.2. The SMILES string of the molecule is O=C(OCC1c2ccccc2-c2ccccc21)N1C2C=C(CCOc3ccccc3)CC1COC2. The molecule has 2 unspecified atom stereocenters. The largest absolute Gasteiger partial charge is 0.493 e. The van der Waals surface area contributed by atoms with Crippen LogP contribution < -0.4 is 4.74 Å². The van der Waals surface area contributed by atoms with Crippen LogP contribution in [0.25, 0.3) is 11.1 Å². The van der Waals surface area contributed by atoms with Gasteiger partial charge in [-0.15, -0.1) is 0 Å². The molecule has 1 aliphatic carbocycles. The number of amides is 1. The normalized spacial score (nSPS) is 20.6. The number of morpholine rings is 1. The molecule has 2 heterocycles. The highest BCUT2D eigenvalue weighted by molar-refractivity contribution is 5.79. The van der Waals surface area contributed by atoms with Crippen molar-refractivity contribution in [3.05, 3.63) is 102 Å². The van der Waals surface area contributed by atoms with Crippen LogP contribution in [-0.4, -0.2) is 49.5 Å². The van der Waals surface area contributed by atoms with Crippen LogP contribution in [0.1, 0.15) is 29.9 Å². The van der Waals surface area contributed by atoms with Crippen molar-refractivity contribution in [2.45, 2.75) is 30.8 Å². The number of carbonyl (C=O) groups is 1. The first-order valence-electron chi connectivity index (χ1n) is 12.4. The molecule has 178 valence electrons. The van der Waals surface area contributed by atoms with Gasteiger partial charge in [0.15, 0.2) is 0 Å². The monoisotopic (exact) mass is 467 g/mol. The highest BCUT2D eigenvalue weighted by atomic mass is 16.6. The van der Waals surface area contributed by atoms with E-state index in [1.807, 2.05) is 35.2 Å². The van der Waals surface area contributed by atoms with E-state index >= 15 is 0 Å². The molecule has 1 fully saturated rings. The maximum absolute atomic E-state index is 13.3. The van der Waals surface area contributed by atoms with E-state index in [9.17, 15) is 4.79 Å². The van der Waals surface area contributed by atoms with Crippen LogP contribution in [0.15, 0.2) is 90.5 Å². The van der Waals surface area contributed by atoms with E-state index in [0.29, 0.717) is 26.4 Å². The Labute approximate surface area is 205 Å². The summed E-state index contributed by atoms with van der Waals surface area (Å²) in [6.07, 6.45) is 3.56. The van der Waals surface area contributed by atoms with Crippen LogP contribution in [-0.2, 0) is 9.47 Å². The average Bonchev–Trinajstić information content (AvgIpc) is 3.21. The van der Waals surface area contributed by atoms with Gasteiger partial charge in [-0.1, -0.05) is 78.4 Å². The highest BCUT2D eigenvalue weighted by Crippen LogP contribution is 2.44. The molecular formula is C30H29NO4. The van der Waals surface area contributed by atoms with Crippen LogP contribution in [0, 0.1) is 0 Å². The zero-order valence-corrected chi connectivity index (χ0v) is 19.6. The molecule has 0 radical (unpaired) electrons. The minimum absolute atomic E-state index is 0.00104. The van der Waals surface area contributed by atoms with Gasteiger partial charge in [0.05, 0.1) is 31.9 Å². The summed E-state index contributed by atoms with van der Waals surface area (Å²) in [5, 5.41) is 0. The number of fused-ring (bicyclic) bond motifs is 5. The minimum Gasteiger partial charge on any atom is -0.493 e. The van der Waals surface area contributed by atoms with Gasteiger partial charge in [0, 0.05) is 12.3 Å². The Morgan fingerprint density at radius 1 is 0.886 bits per heavy atom. The first-order valence-corrected chi connectivity index (χ1v) is 12.4. The summed E-state index contributed by atoms with van der Waals surface area (Å²) in [5.74, 6) is 0.946. The number of benzene rings is 3. The van der Waals surface area contributed by atoms with E-state index in [2.05, 4.69) is 54.6 Å². The fraction of sp³-hybridized carbons (Fsp3) is 0.300. The van der Waals surface area contributed by atoms with Crippen LogP contribution >= 0.6 is 0 Å². The summed E-state index contributed by atoms with van der Waals surface area (Å²) in [6.45, 7) is 2.01. The van der Waals surface area contributed by atoms with Crippen LogP contribution in [0.5, 0.6) is 5.75 Å². The lowest BCUT2D eigenvalue weighted by molar-refractivity contribution is -0.0366. The van der Waals surface area contributed by atoms with Crippen molar-refractivity contribution < 1.29 is 19.0 Å². The molecule has 3 aromatic carbocycles. The fourth-order valence-electron chi connectivity index (χ4n) is 5.64. The average molecular weight is 468 g/mol. The van der Waals surface area contributed by atoms with E-state index in [0.717, 1.165) is 18.6 Å². The maximum atomic E-state index is 13.3. The van der Waals surface area contributed by atoms with Crippen molar-refractivity contribution in [1.29, 1.82) is 0 Å². The van der Waals surface area contributed by atoms with Gasteiger partial charge in [-0.3, -0.25) is 4.90 Å². The molecule has 0 spiro atoms. The van der Waals surface area contributed by atoms with Gasteiger partial charge in [-0.25, -0.2) is 4.79 Å². The molecule has 2 aliphatic heterocycles. The summed E-state index contributed by atoms with van der Waals surface area (Å²) in [7, 11) is 0. The Bertz CT molecular complexity index is 1190. The van der Waals surface area contributed by atoms with Crippen molar-refractivity contribution in [2.24, 2.45) is 0 Å². The molecule has 6 rings (SSSR count). The highest BCUT2D eigenvalue weighted by Gasteiger charge is 2.39.